The van der Waals surface area contributed by atoms with Crippen LogP contribution < -0.4 is 5.32 Å². The minimum atomic E-state index is 0.182. The smallest absolute Gasteiger partial charge is 0.194 e. The first-order valence-corrected chi connectivity index (χ1v) is 11.5. The fraction of sp³-hybridized carbons (Fsp3) is 0.952. The Hall–Kier alpha value is -0.890. The van der Waals surface area contributed by atoms with Gasteiger partial charge >= 0.3 is 0 Å². The summed E-state index contributed by atoms with van der Waals surface area (Å²) in [7, 11) is 0. The van der Waals surface area contributed by atoms with Crippen molar-refractivity contribution in [2.45, 2.75) is 51.7 Å². The van der Waals surface area contributed by atoms with E-state index in [-0.39, 0.29) is 12.2 Å². The molecule has 3 heterocycles. The Morgan fingerprint density at radius 1 is 0.964 bits per heavy atom. The molecule has 0 bridgehead atoms. The number of guanidine groups is 1. The molecule has 0 spiro atoms. The van der Waals surface area contributed by atoms with Gasteiger partial charge in [-0.3, -0.25) is 4.99 Å². The zero-order chi connectivity index (χ0) is 19.6. The second-order valence-electron chi connectivity index (χ2n) is 8.13. The maximum atomic E-state index is 5.99. The van der Waals surface area contributed by atoms with Crippen molar-refractivity contribution in [2.75, 3.05) is 78.7 Å². The predicted octanol–water partition coefficient (Wildman–Crippen LogP) is 1.25. The van der Waals surface area contributed by atoms with Crippen LogP contribution in [0.5, 0.6) is 0 Å². The van der Waals surface area contributed by atoms with Crippen molar-refractivity contribution in [3.8, 4) is 0 Å². The van der Waals surface area contributed by atoms with Gasteiger partial charge in [0, 0.05) is 59.0 Å². The topological polar surface area (TPSA) is 52.6 Å². The van der Waals surface area contributed by atoms with Crippen LogP contribution in [-0.2, 0) is 9.47 Å². The molecule has 0 amide bonds. The SMILES string of the molecule is CCNC(=NCCCCN1CCN(CC)CC1)N1CCOC(C2CCCO2)C1. The standard InChI is InChI=1S/C21H41N5O2/c1-3-22-21(26-15-17-28-20(18-26)19-8-7-16-27-19)23-9-5-6-10-25-13-11-24(4-2)12-14-25/h19-20H,3-18H2,1-2H3,(H,22,23). The average molecular weight is 396 g/mol. The minimum absolute atomic E-state index is 0.182. The summed E-state index contributed by atoms with van der Waals surface area (Å²) < 4.78 is 11.8. The maximum Gasteiger partial charge on any atom is 0.194 e. The molecule has 0 aromatic heterocycles. The number of morpholine rings is 1. The van der Waals surface area contributed by atoms with E-state index in [2.05, 4.69) is 33.9 Å². The minimum Gasteiger partial charge on any atom is -0.375 e. The van der Waals surface area contributed by atoms with E-state index in [0.29, 0.717) is 0 Å². The van der Waals surface area contributed by atoms with Gasteiger partial charge in [0.2, 0.25) is 0 Å². The highest BCUT2D eigenvalue weighted by Crippen LogP contribution is 2.21. The Morgan fingerprint density at radius 2 is 1.75 bits per heavy atom. The van der Waals surface area contributed by atoms with Crippen molar-refractivity contribution in [2.24, 2.45) is 4.99 Å². The molecule has 3 saturated heterocycles. The van der Waals surface area contributed by atoms with Crippen molar-refractivity contribution >= 4 is 5.96 Å². The van der Waals surface area contributed by atoms with E-state index in [0.717, 1.165) is 64.6 Å². The third kappa shape index (κ3) is 6.58. The second-order valence-corrected chi connectivity index (χ2v) is 8.13. The summed E-state index contributed by atoms with van der Waals surface area (Å²) in [5.74, 6) is 1.05. The fourth-order valence-electron chi connectivity index (χ4n) is 4.38. The van der Waals surface area contributed by atoms with Crippen LogP contribution in [0.2, 0.25) is 0 Å². The molecule has 3 aliphatic heterocycles. The summed E-state index contributed by atoms with van der Waals surface area (Å²) in [6.45, 7) is 16.9. The van der Waals surface area contributed by atoms with Gasteiger partial charge in [0.15, 0.2) is 5.96 Å². The van der Waals surface area contributed by atoms with E-state index in [1.807, 2.05) is 0 Å². The Labute approximate surface area is 171 Å². The lowest BCUT2D eigenvalue weighted by atomic mass is 10.1. The molecule has 0 aromatic carbocycles. The average Bonchev–Trinajstić information content (AvgIpc) is 3.28. The quantitative estimate of drug-likeness (QED) is 0.379. The molecule has 7 heteroatoms. The molecular weight excluding hydrogens is 354 g/mol. The predicted molar refractivity (Wildman–Crippen MR) is 114 cm³/mol. The van der Waals surface area contributed by atoms with Crippen molar-refractivity contribution in [1.29, 1.82) is 0 Å². The van der Waals surface area contributed by atoms with Crippen molar-refractivity contribution in [3.05, 3.63) is 0 Å². The van der Waals surface area contributed by atoms with Gasteiger partial charge in [-0.2, -0.15) is 0 Å². The Balaban J connectivity index is 1.38. The van der Waals surface area contributed by atoms with E-state index >= 15 is 0 Å². The van der Waals surface area contributed by atoms with E-state index in [9.17, 15) is 0 Å². The first-order chi connectivity index (χ1) is 13.8. The van der Waals surface area contributed by atoms with Crippen molar-refractivity contribution < 1.29 is 9.47 Å². The van der Waals surface area contributed by atoms with Crippen LogP contribution in [0.1, 0.15) is 39.5 Å². The Kier molecular flexibility index (Phi) is 9.31. The van der Waals surface area contributed by atoms with Gasteiger partial charge in [0.1, 0.15) is 6.10 Å². The van der Waals surface area contributed by atoms with Gasteiger partial charge in [-0.1, -0.05) is 6.92 Å². The highest BCUT2D eigenvalue weighted by Gasteiger charge is 2.32. The lowest BCUT2D eigenvalue weighted by molar-refractivity contribution is -0.0817. The second kappa shape index (κ2) is 12.0. The van der Waals surface area contributed by atoms with Crippen molar-refractivity contribution in [1.82, 2.24) is 20.0 Å². The largest absolute Gasteiger partial charge is 0.375 e. The highest BCUT2D eigenvalue weighted by molar-refractivity contribution is 5.80. The van der Waals surface area contributed by atoms with Crippen LogP contribution in [0.25, 0.3) is 0 Å². The van der Waals surface area contributed by atoms with Crippen LogP contribution in [0, 0.1) is 0 Å². The molecule has 0 saturated carbocycles. The van der Waals surface area contributed by atoms with Gasteiger partial charge in [0.05, 0.1) is 12.7 Å². The number of ether oxygens (including phenoxy) is 2. The van der Waals surface area contributed by atoms with Crippen LogP contribution >= 0.6 is 0 Å². The van der Waals surface area contributed by atoms with Gasteiger partial charge in [-0.15, -0.1) is 0 Å². The number of hydrogen-bond donors (Lipinski definition) is 1. The molecule has 162 valence electrons. The molecule has 3 rings (SSSR count). The monoisotopic (exact) mass is 395 g/mol. The Morgan fingerprint density at radius 3 is 2.46 bits per heavy atom. The summed E-state index contributed by atoms with van der Waals surface area (Å²) in [4.78, 5) is 12.4. The van der Waals surface area contributed by atoms with Crippen LogP contribution in [0.3, 0.4) is 0 Å². The number of piperazine rings is 1. The molecule has 0 aromatic rings. The summed E-state index contributed by atoms with van der Waals surface area (Å²) in [5.41, 5.74) is 0. The van der Waals surface area contributed by atoms with E-state index < -0.39 is 0 Å². The third-order valence-corrected chi connectivity index (χ3v) is 6.16. The molecule has 0 aliphatic carbocycles. The first kappa shape index (κ1) is 21.8. The van der Waals surface area contributed by atoms with Crippen molar-refractivity contribution in [3.63, 3.8) is 0 Å². The summed E-state index contributed by atoms with van der Waals surface area (Å²) in [6.07, 6.45) is 5.12. The molecule has 7 nitrogen and oxygen atoms in total. The molecule has 2 unspecified atom stereocenters. The van der Waals surface area contributed by atoms with E-state index in [4.69, 9.17) is 14.5 Å². The number of likely N-dealkylation sites (N-methyl/N-ethyl adjacent to an activating group) is 1. The summed E-state index contributed by atoms with van der Waals surface area (Å²) >= 11 is 0. The molecule has 2 atom stereocenters. The molecule has 3 fully saturated rings. The van der Waals surface area contributed by atoms with Gasteiger partial charge in [0.25, 0.3) is 0 Å². The number of rotatable bonds is 8. The lowest BCUT2D eigenvalue weighted by Gasteiger charge is -2.37. The zero-order valence-corrected chi connectivity index (χ0v) is 18.1. The molecule has 1 N–H and O–H groups in total. The van der Waals surface area contributed by atoms with Gasteiger partial charge in [-0.25, -0.2) is 0 Å². The Bertz CT molecular complexity index is 462. The van der Waals surface area contributed by atoms with E-state index in [1.54, 1.807) is 0 Å². The number of nitrogens with one attached hydrogen (secondary N) is 1. The maximum absolute atomic E-state index is 5.99. The fourth-order valence-corrected chi connectivity index (χ4v) is 4.38. The number of aliphatic imine (C=N–C) groups is 1. The molecule has 0 radical (unpaired) electrons. The van der Waals surface area contributed by atoms with Crippen LogP contribution in [0.4, 0.5) is 0 Å². The number of hydrogen-bond acceptors (Lipinski definition) is 5. The summed E-state index contributed by atoms with van der Waals surface area (Å²) in [5, 5.41) is 3.48. The number of nitrogens with zero attached hydrogens (tertiary/aromatic N) is 4. The summed E-state index contributed by atoms with van der Waals surface area (Å²) in [6, 6.07) is 0. The van der Waals surface area contributed by atoms with Crippen LogP contribution in [0.15, 0.2) is 4.99 Å². The van der Waals surface area contributed by atoms with Gasteiger partial charge < -0.3 is 29.5 Å². The van der Waals surface area contributed by atoms with Crippen LogP contribution in [-0.4, -0.2) is 112 Å². The lowest BCUT2D eigenvalue weighted by Crippen LogP contribution is -2.53. The van der Waals surface area contributed by atoms with Gasteiger partial charge in [-0.05, 0) is 45.7 Å². The zero-order valence-electron chi connectivity index (χ0n) is 18.1. The molecular formula is C21H41N5O2. The normalized spacial score (nSPS) is 28.1. The third-order valence-electron chi connectivity index (χ3n) is 6.16. The van der Waals surface area contributed by atoms with E-state index in [1.165, 1.54) is 45.7 Å². The highest BCUT2D eigenvalue weighted by atomic mass is 16.5. The number of unbranched alkanes of at least 4 members (excludes halogenated alkanes) is 1. The molecule has 28 heavy (non-hydrogen) atoms. The first-order valence-electron chi connectivity index (χ1n) is 11.5. The molecule has 3 aliphatic rings.